The Hall–Kier alpha value is -2.56. The minimum Gasteiger partial charge on any atom is -0.462 e. The van der Waals surface area contributed by atoms with E-state index in [0.29, 0.717) is 19.3 Å². The average molecular weight is 1180 g/mol. The second-order valence-electron chi connectivity index (χ2n) is 23.3. The van der Waals surface area contributed by atoms with E-state index in [9.17, 15) is 28.9 Å². The summed E-state index contributed by atoms with van der Waals surface area (Å²) in [6.07, 6.45) is 72.0. The fourth-order valence-electron chi connectivity index (χ4n) is 9.95. The van der Waals surface area contributed by atoms with Crippen LogP contribution in [0.2, 0.25) is 0 Å². The van der Waals surface area contributed by atoms with Gasteiger partial charge in [0.2, 0.25) is 0 Å². The molecule has 0 aliphatic rings. The van der Waals surface area contributed by atoms with Gasteiger partial charge in [0.1, 0.15) is 12.7 Å². The average Bonchev–Trinajstić information content (AvgIpc) is 3.50. The number of carbonyl (C=O) groups is 3. The Morgan fingerprint density at radius 2 is 0.598 bits per heavy atom. The van der Waals surface area contributed by atoms with E-state index in [1.807, 2.05) is 0 Å². The molecule has 2 N–H and O–H groups in total. The molecule has 0 spiro atoms. The minimum atomic E-state index is -4.76. The van der Waals surface area contributed by atoms with Crippen LogP contribution in [0.1, 0.15) is 342 Å². The number of esters is 3. The predicted molar refractivity (Wildman–Crippen MR) is 344 cm³/mol. The molecule has 0 rings (SSSR count). The molecule has 3 unspecified atom stereocenters. The number of rotatable bonds is 65. The third kappa shape index (κ3) is 62.0. The van der Waals surface area contributed by atoms with Crippen molar-refractivity contribution in [3.63, 3.8) is 0 Å². The highest BCUT2D eigenvalue weighted by atomic mass is 31.2. The van der Waals surface area contributed by atoms with Crippen LogP contribution in [0.3, 0.4) is 0 Å². The van der Waals surface area contributed by atoms with Crippen LogP contribution >= 0.6 is 7.82 Å². The smallest absolute Gasteiger partial charge is 0.462 e. The van der Waals surface area contributed by atoms with Crippen molar-refractivity contribution < 1.29 is 52.2 Å². The molecule has 0 fully saturated rings. The number of aliphatic hydroxyl groups is 1. The van der Waals surface area contributed by atoms with Gasteiger partial charge >= 0.3 is 25.7 Å². The highest BCUT2D eigenvalue weighted by Gasteiger charge is 2.28. The van der Waals surface area contributed by atoms with Crippen molar-refractivity contribution in [3.05, 3.63) is 48.6 Å². The summed E-state index contributed by atoms with van der Waals surface area (Å²) >= 11 is 0. The van der Waals surface area contributed by atoms with Gasteiger partial charge in [0, 0.05) is 19.3 Å². The van der Waals surface area contributed by atoms with Crippen LogP contribution in [0.5, 0.6) is 0 Å². The monoisotopic (exact) mass is 1180 g/mol. The molecule has 82 heavy (non-hydrogen) atoms. The Morgan fingerprint density at radius 1 is 0.341 bits per heavy atom. The lowest BCUT2D eigenvalue weighted by atomic mass is 10.0. The van der Waals surface area contributed by atoms with Gasteiger partial charge in [-0.15, -0.1) is 0 Å². The van der Waals surface area contributed by atoms with Crippen LogP contribution < -0.4 is 0 Å². The first-order valence-corrected chi connectivity index (χ1v) is 36.0. The van der Waals surface area contributed by atoms with Crippen LogP contribution in [0.4, 0.5) is 0 Å². The Kier molecular flexibility index (Phi) is 62.4. The van der Waals surface area contributed by atoms with E-state index in [1.165, 1.54) is 199 Å². The van der Waals surface area contributed by atoms with Crippen LogP contribution in [0.25, 0.3) is 0 Å². The van der Waals surface area contributed by atoms with Gasteiger partial charge in [-0.05, 0) is 83.5 Å². The van der Waals surface area contributed by atoms with Gasteiger partial charge in [-0.25, -0.2) is 4.57 Å². The van der Waals surface area contributed by atoms with Gasteiger partial charge in [-0.2, -0.15) is 0 Å². The Bertz CT molecular complexity index is 1560. The van der Waals surface area contributed by atoms with Gasteiger partial charge in [0.15, 0.2) is 6.10 Å². The zero-order chi connectivity index (χ0) is 59.8. The fraction of sp³-hybridized carbons (Fsp3) is 0.843. The summed E-state index contributed by atoms with van der Waals surface area (Å²) in [5, 5.41) is 9.88. The van der Waals surface area contributed by atoms with Crippen molar-refractivity contribution >= 4 is 25.7 Å². The quantitative estimate of drug-likeness (QED) is 0.0197. The molecule has 0 saturated heterocycles. The second kappa shape index (κ2) is 64.4. The first-order chi connectivity index (χ1) is 40.2. The maximum Gasteiger partial charge on any atom is 0.472 e. The fourth-order valence-corrected chi connectivity index (χ4v) is 10.7. The largest absolute Gasteiger partial charge is 0.472 e. The number of phosphoric acid groups is 1. The molecule has 0 radical (unpaired) electrons. The predicted octanol–water partition coefficient (Wildman–Crippen LogP) is 21.3. The third-order valence-electron chi connectivity index (χ3n) is 15.2. The minimum absolute atomic E-state index is 0.163. The molecule has 11 nitrogen and oxygen atoms in total. The van der Waals surface area contributed by atoms with Crippen LogP contribution in [0, 0.1) is 0 Å². The highest BCUT2D eigenvalue weighted by Crippen LogP contribution is 2.43. The molecule has 0 aromatic rings. The topological polar surface area (TPSA) is 155 Å². The first-order valence-electron chi connectivity index (χ1n) is 34.5. The van der Waals surface area contributed by atoms with Crippen molar-refractivity contribution in [3.8, 4) is 0 Å². The standard InChI is InChI=1S/C70H129O11P/c1-4-7-10-13-16-19-22-25-28-31-33-36-39-42-45-48-51-54-57-60-69(73)80-66(62-71)64-78-82(75,76)79-65-67(63-77-68(72)59-56-53-50-47-44-41-38-35-30-27-24-21-18-15-12-9-6-3)81-70(74)61-58-55-52-49-46-43-40-37-34-32-29-26-23-20-17-14-11-8-5-2/h17-18,20-21,26-27,29-30,66-67,71H,4-16,19,22-25,28,31-65H2,1-3H3,(H,75,76)/b20-17-,21-18-,29-26-,30-27-. The highest BCUT2D eigenvalue weighted by molar-refractivity contribution is 7.47. The number of hydrogen-bond acceptors (Lipinski definition) is 10. The van der Waals surface area contributed by atoms with Crippen molar-refractivity contribution in [2.24, 2.45) is 0 Å². The molecule has 0 aromatic carbocycles. The SMILES string of the molecule is CCCCC/C=C\C/C=C\CCCCCCCCCCCC(=O)OC(COC(=O)CCCCCCCCC/C=C\C/C=C\CCCCC)COP(=O)(O)OCC(CO)OC(=O)CCCCCCCCCCCCCCCCCCCCC. The van der Waals surface area contributed by atoms with Crippen molar-refractivity contribution in [2.45, 2.75) is 354 Å². The maximum absolute atomic E-state index is 13.0. The first kappa shape index (κ1) is 79.4. The lowest BCUT2D eigenvalue weighted by Crippen LogP contribution is -2.30. The molecule has 12 heteroatoms. The number of phosphoric ester groups is 1. The Labute approximate surface area is 504 Å². The summed E-state index contributed by atoms with van der Waals surface area (Å²) in [6.45, 7) is 4.67. The second-order valence-corrected chi connectivity index (χ2v) is 24.8. The van der Waals surface area contributed by atoms with Crippen molar-refractivity contribution in [2.75, 3.05) is 26.4 Å². The van der Waals surface area contributed by atoms with Crippen molar-refractivity contribution in [1.82, 2.24) is 0 Å². The number of hydrogen-bond donors (Lipinski definition) is 2. The summed E-state index contributed by atoms with van der Waals surface area (Å²) in [5.74, 6) is -1.45. The Morgan fingerprint density at radius 3 is 0.927 bits per heavy atom. The van der Waals surface area contributed by atoms with E-state index < -0.39 is 57.8 Å². The number of carbonyl (C=O) groups excluding carboxylic acids is 3. The zero-order valence-corrected chi connectivity index (χ0v) is 54.4. The number of ether oxygens (including phenoxy) is 3. The molecule has 0 heterocycles. The van der Waals surface area contributed by atoms with Crippen LogP contribution in [-0.4, -0.2) is 66.5 Å². The molecule has 480 valence electrons. The van der Waals surface area contributed by atoms with Crippen LogP contribution in [0.15, 0.2) is 48.6 Å². The van der Waals surface area contributed by atoms with Gasteiger partial charge in [0.05, 0.1) is 19.8 Å². The van der Waals surface area contributed by atoms with E-state index in [1.54, 1.807) is 0 Å². The van der Waals surface area contributed by atoms with Gasteiger partial charge < -0.3 is 24.2 Å². The molecular weight excluding hydrogens is 1050 g/mol. The molecule has 0 amide bonds. The molecule has 0 aromatic heterocycles. The van der Waals surface area contributed by atoms with Gasteiger partial charge in [-0.1, -0.05) is 288 Å². The lowest BCUT2D eigenvalue weighted by Gasteiger charge is -2.21. The number of unbranched alkanes of at least 4 members (excludes halogenated alkanes) is 40. The van der Waals surface area contributed by atoms with E-state index in [4.69, 9.17) is 23.3 Å². The number of aliphatic hydroxyl groups excluding tert-OH is 1. The summed E-state index contributed by atoms with van der Waals surface area (Å²) in [7, 11) is -4.76. The molecule has 0 aliphatic carbocycles. The van der Waals surface area contributed by atoms with E-state index in [2.05, 4.69) is 69.4 Å². The third-order valence-corrected chi connectivity index (χ3v) is 16.2. The summed E-state index contributed by atoms with van der Waals surface area (Å²) < 4.78 is 39.8. The molecular formula is C70H129O11P. The molecule has 0 aliphatic heterocycles. The van der Waals surface area contributed by atoms with E-state index >= 15 is 0 Å². The Balaban J connectivity index is 4.65. The summed E-state index contributed by atoms with van der Waals surface area (Å²) in [4.78, 5) is 48.9. The van der Waals surface area contributed by atoms with Gasteiger partial charge in [-0.3, -0.25) is 23.4 Å². The zero-order valence-electron chi connectivity index (χ0n) is 53.5. The summed E-state index contributed by atoms with van der Waals surface area (Å²) in [5.41, 5.74) is 0. The van der Waals surface area contributed by atoms with Crippen molar-refractivity contribution in [1.29, 1.82) is 0 Å². The lowest BCUT2D eigenvalue weighted by molar-refractivity contribution is -0.161. The van der Waals surface area contributed by atoms with Gasteiger partial charge in [0.25, 0.3) is 0 Å². The molecule has 3 atom stereocenters. The number of allylic oxidation sites excluding steroid dienone is 8. The van der Waals surface area contributed by atoms with E-state index in [0.717, 1.165) is 83.5 Å². The van der Waals surface area contributed by atoms with Crippen LogP contribution in [-0.2, 0) is 42.2 Å². The molecule has 0 saturated carbocycles. The van der Waals surface area contributed by atoms with E-state index in [-0.39, 0.29) is 25.9 Å². The maximum atomic E-state index is 13.0. The summed E-state index contributed by atoms with van der Waals surface area (Å²) in [6, 6.07) is 0. The normalized spacial score (nSPS) is 13.5. The molecule has 0 bridgehead atoms.